The predicted molar refractivity (Wildman–Crippen MR) is 252 cm³/mol. The standard InChI is InChI=1S/C48H98O18/c1-4-5-6-7-8-9-10-11-12-13-15-64-45-47(2)66-46-48(3)65-44-43-63-42-41-62-40-39-61-38-37-60-36-35-59-34-33-58-32-31-57-30-29-56-28-27-55-26-25-54-24-23-53-22-21-52-20-19-51-18-17-50-16-14-49/h47-49H,4-46H2,1-3H3. The SMILES string of the molecule is CCCCCCCCCCCCOCC(C)OCC(C)OCCOCCOCCOCCOCCOCCOCCOCCOCCOCCOCCOCCOCCOCCOCCO. The van der Waals surface area contributed by atoms with Crippen LogP contribution in [-0.4, -0.2) is 235 Å². The summed E-state index contributed by atoms with van der Waals surface area (Å²) in [5, 5.41) is 8.60. The Morgan fingerprint density at radius 1 is 0.242 bits per heavy atom. The summed E-state index contributed by atoms with van der Waals surface area (Å²) in [6.45, 7) is 22.6. The largest absolute Gasteiger partial charge is 0.394 e. The van der Waals surface area contributed by atoms with E-state index in [9.17, 15) is 0 Å². The monoisotopic (exact) mass is 963 g/mol. The lowest BCUT2D eigenvalue weighted by atomic mass is 10.1. The van der Waals surface area contributed by atoms with Crippen molar-refractivity contribution in [2.45, 2.75) is 97.2 Å². The lowest BCUT2D eigenvalue weighted by Gasteiger charge is -2.18. The molecule has 0 amide bonds. The maximum Gasteiger partial charge on any atom is 0.0781 e. The first-order valence-electron chi connectivity index (χ1n) is 25.2. The molecule has 0 radical (unpaired) electrons. The van der Waals surface area contributed by atoms with Crippen LogP contribution in [0, 0.1) is 0 Å². The van der Waals surface area contributed by atoms with Crippen LogP contribution in [0.2, 0.25) is 0 Å². The molecule has 0 saturated carbocycles. The van der Waals surface area contributed by atoms with E-state index in [0.717, 1.165) is 13.0 Å². The molecule has 2 atom stereocenters. The van der Waals surface area contributed by atoms with Gasteiger partial charge in [0, 0.05) is 6.61 Å². The fourth-order valence-electron chi connectivity index (χ4n) is 5.67. The topological polar surface area (TPSA) is 177 Å². The molecule has 0 aliphatic heterocycles. The summed E-state index contributed by atoms with van der Waals surface area (Å²) < 4.78 is 94.0. The van der Waals surface area contributed by atoms with Crippen molar-refractivity contribution in [3.63, 3.8) is 0 Å². The molecule has 66 heavy (non-hydrogen) atoms. The molecule has 0 fully saturated rings. The van der Waals surface area contributed by atoms with Gasteiger partial charge >= 0.3 is 0 Å². The summed E-state index contributed by atoms with van der Waals surface area (Å²) in [4.78, 5) is 0. The highest BCUT2D eigenvalue weighted by molar-refractivity contribution is 4.54. The van der Waals surface area contributed by atoms with Crippen LogP contribution >= 0.6 is 0 Å². The minimum atomic E-state index is 0.000382. The van der Waals surface area contributed by atoms with Crippen LogP contribution in [0.4, 0.5) is 0 Å². The third-order valence-electron chi connectivity index (χ3n) is 9.31. The highest BCUT2D eigenvalue weighted by Crippen LogP contribution is 2.10. The summed E-state index contributed by atoms with van der Waals surface area (Å²) in [7, 11) is 0. The van der Waals surface area contributed by atoms with Crippen molar-refractivity contribution >= 4 is 0 Å². The maximum absolute atomic E-state index is 8.60. The van der Waals surface area contributed by atoms with Crippen LogP contribution < -0.4 is 0 Å². The Balaban J connectivity index is 3.16. The molecule has 0 rings (SSSR count). The van der Waals surface area contributed by atoms with Gasteiger partial charge in [0.05, 0.1) is 224 Å². The Hall–Kier alpha value is -0.720. The van der Waals surface area contributed by atoms with E-state index >= 15 is 0 Å². The number of rotatable bonds is 61. The van der Waals surface area contributed by atoms with Gasteiger partial charge in [0.1, 0.15) is 0 Å². The quantitative estimate of drug-likeness (QED) is 0.0809. The van der Waals surface area contributed by atoms with Gasteiger partial charge in [-0.05, 0) is 20.3 Å². The third-order valence-corrected chi connectivity index (χ3v) is 9.31. The summed E-state index contributed by atoms with van der Waals surface area (Å²) in [5.41, 5.74) is 0. The van der Waals surface area contributed by atoms with Crippen molar-refractivity contribution in [3.8, 4) is 0 Å². The Morgan fingerprint density at radius 2 is 0.485 bits per heavy atom. The first kappa shape index (κ1) is 65.3. The van der Waals surface area contributed by atoms with Gasteiger partial charge in [-0.3, -0.25) is 0 Å². The summed E-state index contributed by atoms with van der Waals surface area (Å²) in [6.07, 6.45) is 13.4. The van der Waals surface area contributed by atoms with Crippen molar-refractivity contribution in [2.75, 3.05) is 218 Å². The van der Waals surface area contributed by atoms with Crippen LogP contribution in [0.3, 0.4) is 0 Å². The number of unbranched alkanes of at least 4 members (excludes halogenated alkanes) is 9. The molecule has 0 aromatic rings. The minimum absolute atomic E-state index is 0.000382. The zero-order valence-electron chi connectivity index (χ0n) is 41.9. The lowest BCUT2D eigenvalue weighted by molar-refractivity contribution is -0.0689. The van der Waals surface area contributed by atoms with E-state index in [1.807, 2.05) is 13.8 Å². The molecule has 2 unspecified atom stereocenters. The van der Waals surface area contributed by atoms with Crippen LogP contribution in [0.15, 0.2) is 0 Å². The molecule has 1 N–H and O–H groups in total. The van der Waals surface area contributed by atoms with Gasteiger partial charge in [0.15, 0.2) is 0 Å². The van der Waals surface area contributed by atoms with Crippen LogP contribution in [0.1, 0.15) is 85.0 Å². The average Bonchev–Trinajstić information content (AvgIpc) is 3.32. The third kappa shape index (κ3) is 59.4. The molecular weight excluding hydrogens is 865 g/mol. The number of aliphatic hydroxyl groups is 1. The summed E-state index contributed by atoms with van der Waals surface area (Å²) in [6, 6.07) is 0. The van der Waals surface area contributed by atoms with E-state index < -0.39 is 0 Å². The van der Waals surface area contributed by atoms with E-state index in [4.69, 9.17) is 85.6 Å². The van der Waals surface area contributed by atoms with E-state index in [-0.39, 0.29) is 18.8 Å². The second-order valence-electron chi connectivity index (χ2n) is 15.4. The smallest absolute Gasteiger partial charge is 0.0781 e. The molecule has 0 aliphatic rings. The van der Waals surface area contributed by atoms with Gasteiger partial charge in [-0.1, -0.05) is 64.7 Å². The normalized spacial score (nSPS) is 12.7. The molecule has 0 heterocycles. The lowest BCUT2D eigenvalue weighted by Crippen LogP contribution is -2.24. The summed E-state index contributed by atoms with van der Waals surface area (Å²) in [5.74, 6) is 0. The first-order valence-corrected chi connectivity index (χ1v) is 25.2. The van der Waals surface area contributed by atoms with Gasteiger partial charge in [-0.2, -0.15) is 0 Å². The van der Waals surface area contributed by atoms with E-state index in [0.29, 0.717) is 205 Å². The maximum atomic E-state index is 8.60. The Morgan fingerprint density at radius 3 is 0.773 bits per heavy atom. The van der Waals surface area contributed by atoms with Crippen LogP contribution in [-0.2, 0) is 80.5 Å². The molecule has 18 nitrogen and oxygen atoms in total. The molecule has 0 aromatic heterocycles. The first-order chi connectivity index (χ1) is 32.7. The number of aliphatic hydroxyl groups excluding tert-OH is 1. The highest BCUT2D eigenvalue weighted by atomic mass is 16.6. The molecule has 0 bridgehead atoms. The Kier molecular flexibility index (Phi) is 59.7. The molecule has 0 aromatic carbocycles. The fourth-order valence-corrected chi connectivity index (χ4v) is 5.67. The molecule has 0 saturated heterocycles. The Bertz CT molecular complexity index is 854. The van der Waals surface area contributed by atoms with Crippen molar-refractivity contribution in [1.82, 2.24) is 0 Å². The van der Waals surface area contributed by atoms with Crippen molar-refractivity contribution in [2.24, 2.45) is 0 Å². The van der Waals surface area contributed by atoms with Crippen LogP contribution in [0.5, 0.6) is 0 Å². The van der Waals surface area contributed by atoms with Crippen molar-refractivity contribution < 1.29 is 85.6 Å². The second kappa shape index (κ2) is 60.4. The molecule has 0 spiro atoms. The average molecular weight is 963 g/mol. The number of hydrogen-bond donors (Lipinski definition) is 1. The molecule has 398 valence electrons. The van der Waals surface area contributed by atoms with Gasteiger partial charge in [0.25, 0.3) is 0 Å². The van der Waals surface area contributed by atoms with Gasteiger partial charge in [-0.25, -0.2) is 0 Å². The predicted octanol–water partition coefficient (Wildman–Crippen LogP) is 4.96. The van der Waals surface area contributed by atoms with E-state index in [2.05, 4.69) is 6.92 Å². The molecule has 18 heteroatoms. The van der Waals surface area contributed by atoms with Gasteiger partial charge in [0.2, 0.25) is 0 Å². The van der Waals surface area contributed by atoms with E-state index in [1.54, 1.807) is 0 Å². The molecule has 0 aliphatic carbocycles. The minimum Gasteiger partial charge on any atom is -0.394 e. The summed E-state index contributed by atoms with van der Waals surface area (Å²) >= 11 is 0. The Labute approximate surface area is 400 Å². The fraction of sp³-hybridized carbons (Fsp3) is 1.00. The molecular formula is C48H98O18. The number of ether oxygens (including phenoxy) is 17. The second-order valence-corrected chi connectivity index (χ2v) is 15.4. The highest BCUT2D eigenvalue weighted by Gasteiger charge is 2.08. The van der Waals surface area contributed by atoms with Gasteiger partial charge in [-0.15, -0.1) is 0 Å². The van der Waals surface area contributed by atoms with E-state index in [1.165, 1.54) is 57.8 Å². The van der Waals surface area contributed by atoms with Gasteiger partial charge < -0.3 is 85.6 Å². The van der Waals surface area contributed by atoms with Crippen molar-refractivity contribution in [1.29, 1.82) is 0 Å². The van der Waals surface area contributed by atoms with Crippen molar-refractivity contribution in [3.05, 3.63) is 0 Å². The number of hydrogen-bond acceptors (Lipinski definition) is 18. The van der Waals surface area contributed by atoms with Crippen LogP contribution in [0.25, 0.3) is 0 Å². The zero-order valence-corrected chi connectivity index (χ0v) is 41.9. The zero-order chi connectivity index (χ0) is 47.6.